The first-order valence-electron chi connectivity index (χ1n) is 5.76. The minimum Gasteiger partial charge on any atom is -0.398 e. The van der Waals surface area contributed by atoms with Crippen molar-refractivity contribution in [3.8, 4) is 0 Å². The van der Waals surface area contributed by atoms with Gasteiger partial charge in [0.1, 0.15) is 5.82 Å². The Balaban J connectivity index is 2.31. The molecule has 0 radical (unpaired) electrons. The first kappa shape index (κ1) is 13.1. The van der Waals surface area contributed by atoms with E-state index in [1.807, 2.05) is 14.1 Å². The number of hydrogen-bond acceptors (Lipinski definition) is 4. The summed E-state index contributed by atoms with van der Waals surface area (Å²) < 4.78 is 14.2. The number of anilines is 2. The van der Waals surface area contributed by atoms with E-state index in [0.717, 1.165) is 5.69 Å². The highest BCUT2D eigenvalue weighted by atomic mass is 19.1. The Labute approximate surface area is 110 Å². The van der Waals surface area contributed by atoms with Crippen molar-refractivity contribution in [3.63, 3.8) is 0 Å². The third kappa shape index (κ3) is 2.90. The fourth-order valence-corrected chi connectivity index (χ4v) is 1.66. The molecule has 0 atom stereocenters. The van der Waals surface area contributed by atoms with Gasteiger partial charge in [-0.25, -0.2) is 9.07 Å². The Morgan fingerprint density at radius 3 is 2.68 bits per heavy atom. The minimum absolute atomic E-state index is 0.221. The van der Waals surface area contributed by atoms with Gasteiger partial charge in [-0.05, 0) is 17.7 Å². The van der Waals surface area contributed by atoms with Crippen LogP contribution in [-0.4, -0.2) is 23.9 Å². The van der Waals surface area contributed by atoms with Crippen molar-refractivity contribution in [1.29, 1.82) is 0 Å². The molecule has 1 aromatic heterocycles. The summed E-state index contributed by atoms with van der Waals surface area (Å²) in [5, 5.41) is 4.07. The van der Waals surface area contributed by atoms with Crippen LogP contribution in [0.5, 0.6) is 0 Å². The summed E-state index contributed by atoms with van der Waals surface area (Å²) >= 11 is 0. The molecule has 0 saturated carbocycles. The smallest absolute Gasteiger partial charge is 0.269 e. The minimum atomic E-state index is -0.399. The topological polar surface area (TPSA) is 64.2 Å². The largest absolute Gasteiger partial charge is 0.398 e. The van der Waals surface area contributed by atoms with Crippen molar-refractivity contribution in [2.75, 3.05) is 24.7 Å². The van der Waals surface area contributed by atoms with Crippen molar-refractivity contribution in [1.82, 2.24) is 9.78 Å². The molecule has 100 valence electrons. The zero-order valence-electron chi connectivity index (χ0n) is 10.8. The average molecular weight is 262 g/mol. The zero-order valence-corrected chi connectivity index (χ0v) is 10.8. The lowest BCUT2D eigenvalue weighted by Crippen LogP contribution is -2.25. The number of nitrogens with two attached hydrogens (primary N) is 1. The Kier molecular flexibility index (Phi) is 3.50. The predicted octanol–water partition coefficient (Wildman–Crippen LogP) is 1.08. The number of halogens is 1. The molecule has 0 bridgehead atoms. The third-order valence-corrected chi connectivity index (χ3v) is 2.80. The van der Waals surface area contributed by atoms with Gasteiger partial charge >= 0.3 is 0 Å². The maximum absolute atomic E-state index is 12.9. The monoisotopic (exact) mass is 262 g/mol. The molecule has 0 amide bonds. The molecule has 0 fully saturated rings. The SMILES string of the molecule is CN(C)c1cnn(Cc2ccc(F)cc2N)c(=O)c1. The molecule has 2 aromatic rings. The molecule has 19 heavy (non-hydrogen) atoms. The second kappa shape index (κ2) is 5.09. The lowest BCUT2D eigenvalue weighted by molar-refractivity contribution is 0.620. The first-order valence-corrected chi connectivity index (χ1v) is 5.76. The van der Waals surface area contributed by atoms with Crippen LogP contribution in [0.2, 0.25) is 0 Å². The van der Waals surface area contributed by atoms with Crippen LogP contribution < -0.4 is 16.2 Å². The van der Waals surface area contributed by atoms with Crippen molar-refractivity contribution in [2.45, 2.75) is 6.54 Å². The van der Waals surface area contributed by atoms with Crippen molar-refractivity contribution in [2.24, 2.45) is 0 Å². The van der Waals surface area contributed by atoms with Gasteiger partial charge in [0.2, 0.25) is 0 Å². The fraction of sp³-hybridized carbons (Fsp3) is 0.231. The van der Waals surface area contributed by atoms with Crippen LogP contribution in [-0.2, 0) is 6.54 Å². The average Bonchev–Trinajstić information content (AvgIpc) is 2.34. The summed E-state index contributed by atoms with van der Waals surface area (Å²) in [7, 11) is 3.66. The van der Waals surface area contributed by atoms with E-state index in [-0.39, 0.29) is 12.1 Å². The van der Waals surface area contributed by atoms with E-state index in [9.17, 15) is 9.18 Å². The van der Waals surface area contributed by atoms with Crippen LogP contribution in [0.1, 0.15) is 5.56 Å². The van der Waals surface area contributed by atoms with Gasteiger partial charge in [0.25, 0.3) is 5.56 Å². The van der Waals surface area contributed by atoms with Gasteiger partial charge in [-0.15, -0.1) is 0 Å². The van der Waals surface area contributed by atoms with Crippen LogP contribution in [0, 0.1) is 5.82 Å². The summed E-state index contributed by atoms with van der Waals surface area (Å²) in [6.07, 6.45) is 1.60. The molecule has 0 unspecified atom stereocenters. The van der Waals surface area contributed by atoms with E-state index in [1.54, 1.807) is 17.2 Å². The second-order valence-electron chi connectivity index (χ2n) is 4.45. The Bertz CT molecular complexity index is 651. The third-order valence-electron chi connectivity index (χ3n) is 2.80. The quantitative estimate of drug-likeness (QED) is 0.841. The second-order valence-corrected chi connectivity index (χ2v) is 4.45. The maximum Gasteiger partial charge on any atom is 0.269 e. The number of nitrogens with zero attached hydrogens (tertiary/aromatic N) is 3. The zero-order chi connectivity index (χ0) is 14.0. The summed E-state index contributed by atoms with van der Waals surface area (Å²) in [4.78, 5) is 13.7. The number of hydrogen-bond donors (Lipinski definition) is 1. The Hall–Kier alpha value is -2.37. The van der Waals surface area contributed by atoms with Gasteiger partial charge in [0, 0.05) is 25.8 Å². The van der Waals surface area contributed by atoms with E-state index in [4.69, 9.17) is 5.73 Å². The molecular formula is C13H15FN4O. The van der Waals surface area contributed by atoms with Crippen LogP contribution in [0.3, 0.4) is 0 Å². The Morgan fingerprint density at radius 1 is 1.37 bits per heavy atom. The Morgan fingerprint density at radius 2 is 2.11 bits per heavy atom. The molecule has 2 rings (SSSR count). The molecule has 5 nitrogen and oxygen atoms in total. The van der Waals surface area contributed by atoms with Gasteiger partial charge in [-0.3, -0.25) is 4.79 Å². The number of nitrogen functional groups attached to an aromatic ring is 1. The van der Waals surface area contributed by atoms with E-state index in [0.29, 0.717) is 11.3 Å². The van der Waals surface area contributed by atoms with Gasteiger partial charge in [0.15, 0.2) is 0 Å². The number of rotatable bonds is 3. The maximum atomic E-state index is 12.9. The van der Waals surface area contributed by atoms with Crippen molar-refractivity contribution >= 4 is 11.4 Å². The van der Waals surface area contributed by atoms with Crippen molar-refractivity contribution < 1.29 is 4.39 Å². The lowest BCUT2D eigenvalue weighted by atomic mass is 10.2. The summed E-state index contributed by atoms with van der Waals surface area (Å²) in [6.45, 7) is 0.221. The molecule has 2 N–H and O–H groups in total. The number of benzene rings is 1. The fourth-order valence-electron chi connectivity index (χ4n) is 1.66. The van der Waals surface area contributed by atoms with E-state index < -0.39 is 5.82 Å². The molecule has 1 aromatic carbocycles. The molecule has 0 aliphatic carbocycles. The highest BCUT2D eigenvalue weighted by Crippen LogP contribution is 2.14. The van der Waals surface area contributed by atoms with E-state index in [2.05, 4.69) is 5.10 Å². The summed E-state index contributed by atoms with van der Waals surface area (Å²) in [6, 6.07) is 5.59. The van der Waals surface area contributed by atoms with E-state index >= 15 is 0 Å². The standard InChI is InChI=1S/C13H15FN4O/c1-17(2)11-6-13(19)18(16-7-11)8-9-3-4-10(14)5-12(9)15/h3-7H,8,15H2,1-2H3. The van der Waals surface area contributed by atoms with Crippen LogP contribution in [0.15, 0.2) is 35.3 Å². The molecule has 6 heteroatoms. The van der Waals surface area contributed by atoms with Gasteiger partial charge in [0.05, 0.1) is 18.4 Å². The number of aromatic nitrogens is 2. The van der Waals surface area contributed by atoms with Gasteiger partial charge in [-0.2, -0.15) is 5.10 Å². The molecular weight excluding hydrogens is 247 g/mol. The van der Waals surface area contributed by atoms with Gasteiger partial charge in [-0.1, -0.05) is 6.07 Å². The van der Waals surface area contributed by atoms with Gasteiger partial charge < -0.3 is 10.6 Å². The van der Waals surface area contributed by atoms with Crippen LogP contribution in [0.4, 0.5) is 15.8 Å². The summed E-state index contributed by atoms with van der Waals surface area (Å²) in [5.74, 6) is -0.399. The molecule has 0 spiro atoms. The molecule has 0 aliphatic rings. The normalized spacial score (nSPS) is 10.5. The first-order chi connectivity index (χ1) is 8.97. The van der Waals surface area contributed by atoms with E-state index in [1.165, 1.54) is 22.9 Å². The molecule has 0 saturated heterocycles. The summed E-state index contributed by atoms with van der Waals surface area (Å²) in [5.41, 5.74) is 7.18. The molecule has 1 heterocycles. The van der Waals surface area contributed by atoms with Crippen LogP contribution in [0.25, 0.3) is 0 Å². The lowest BCUT2D eigenvalue weighted by Gasteiger charge is -2.13. The predicted molar refractivity (Wildman–Crippen MR) is 72.7 cm³/mol. The highest BCUT2D eigenvalue weighted by Gasteiger charge is 2.06. The van der Waals surface area contributed by atoms with Crippen molar-refractivity contribution in [3.05, 3.63) is 52.2 Å². The highest BCUT2D eigenvalue weighted by molar-refractivity contribution is 5.47. The van der Waals surface area contributed by atoms with Crippen LogP contribution >= 0.6 is 0 Å². The molecule has 0 aliphatic heterocycles.